The molecule has 0 aromatic heterocycles. The molecule has 0 unspecified atom stereocenters. The normalized spacial score (nSPS) is 23.2. The summed E-state index contributed by atoms with van der Waals surface area (Å²) in [5, 5.41) is 3.53. The minimum absolute atomic E-state index is 0.138. The average molecular weight is 297 g/mol. The van der Waals surface area contributed by atoms with Gasteiger partial charge < -0.3 is 16.0 Å². The lowest BCUT2D eigenvalue weighted by Crippen LogP contribution is -2.63. The van der Waals surface area contributed by atoms with Crippen LogP contribution in [0.15, 0.2) is 0 Å². The molecular formula is C17H35N3O. The molecule has 0 spiro atoms. The highest BCUT2D eigenvalue weighted by molar-refractivity contribution is 5.85. The van der Waals surface area contributed by atoms with Gasteiger partial charge in [0.2, 0.25) is 5.91 Å². The molecule has 4 heteroatoms. The van der Waals surface area contributed by atoms with Crippen LogP contribution in [0.1, 0.15) is 60.8 Å². The maximum absolute atomic E-state index is 12.2. The van der Waals surface area contributed by atoms with Crippen molar-refractivity contribution in [2.75, 3.05) is 26.2 Å². The highest BCUT2D eigenvalue weighted by Crippen LogP contribution is 2.49. The topological polar surface area (TPSA) is 58.4 Å². The Morgan fingerprint density at radius 2 is 1.52 bits per heavy atom. The summed E-state index contributed by atoms with van der Waals surface area (Å²) in [6.45, 7) is 17.2. The molecule has 124 valence electrons. The fraction of sp³-hybridized carbons (Fsp3) is 0.941. The molecule has 0 aromatic carbocycles. The maximum Gasteiger partial charge on any atom is 0.237 e. The summed E-state index contributed by atoms with van der Waals surface area (Å²) in [6.07, 6.45) is 2.79. The summed E-state index contributed by atoms with van der Waals surface area (Å²) in [5.74, 6) is -0.192. The Morgan fingerprint density at radius 1 is 1.05 bits per heavy atom. The Hall–Kier alpha value is -0.610. The molecule has 0 saturated heterocycles. The number of carbonyl (C=O) groups is 1. The van der Waals surface area contributed by atoms with Crippen LogP contribution < -0.4 is 11.1 Å². The van der Waals surface area contributed by atoms with Crippen molar-refractivity contribution >= 4 is 5.91 Å². The molecule has 21 heavy (non-hydrogen) atoms. The van der Waals surface area contributed by atoms with Gasteiger partial charge in [0.05, 0.1) is 5.54 Å². The number of amides is 1. The Labute approximate surface area is 130 Å². The summed E-state index contributed by atoms with van der Waals surface area (Å²) in [6, 6.07) is 0. The third kappa shape index (κ3) is 4.96. The second kappa shape index (κ2) is 6.66. The van der Waals surface area contributed by atoms with E-state index < -0.39 is 5.54 Å². The monoisotopic (exact) mass is 297 g/mol. The Kier molecular flexibility index (Phi) is 5.84. The Morgan fingerprint density at radius 3 is 1.90 bits per heavy atom. The smallest absolute Gasteiger partial charge is 0.237 e. The zero-order chi connectivity index (χ0) is 16.3. The minimum atomic E-state index is -0.557. The molecule has 4 nitrogen and oxygen atoms in total. The molecule has 1 amide bonds. The molecule has 0 aromatic rings. The van der Waals surface area contributed by atoms with Crippen LogP contribution in [-0.2, 0) is 4.79 Å². The van der Waals surface area contributed by atoms with Gasteiger partial charge in [-0.1, -0.05) is 41.5 Å². The van der Waals surface area contributed by atoms with Gasteiger partial charge in [-0.2, -0.15) is 0 Å². The molecule has 0 heterocycles. The van der Waals surface area contributed by atoms with Crippen molar-refractivity contribution in [1.82, 2.24) is 10.2 Å². The van der Waals surface area contributed by atoms with E-state index >= 15 is 0 Å². The summed E-state index contributed by atoms with van der Waals surface area (Å²) in [7, 11) is 0. The first-order valence-corrected chi connectivity index (χ1v) is 8.33. The molecular weight excluding hydrogens is 262 g/mol. The van der Waals surface area contributed by atoms with Gasteiger partial charge in [-0.3, -0.25) is 4.79 Å². The SMILES string of the molecule is CCN(CC)CCNC1(C(N)=O)CC(C)(C)CC(C)(C)C1. The fourth-order valence-electron chi connectivity index (χ4n) is 4.50. The Bertz CT molecular complexity index is 343. The van der Waals surface area contributed by atoms with E-state index in [1.54, 1.807) is 0 Å². The number of carbonyl (C=O) groups excluding carboxylic acids is 1. The minimum Gasteiger partial charge on any atom is -0.368 e. The van der Waals surface area contributed by atoms with Crippen molar-refractivity contribution in [3.63, 3.8) is 0 Å². The molecule has 1 aliphatic rings. The number of hydrogen-bond acceptors (Lipinski definition) is 3. The van der Waals surface area contributed by atoms with E-state index in [1.807, 2.05) is 0 Å². The lowest BCUT2D eigenvalue weighted by atomic mass is 9.58. The van der Waals surface area contributed by atoms with Gasteiger partial charge in [0.1, 0.15) is 0 Å². The molecule has 0 aliphatic heterocycles. The highest BCUT2D eigenvalue weighted by atomic mass is 16.1. The van der Waals surface area contributed by atoms with Gasteiger partial charge in [-0.05, 0) is 43.2 Å². The summed E-state index contributed by atoms with van der Waals surface area (Å²) < 4.78 is 0. The first kappa shape index (κ1) is 18.4. The second-order valence-electron chi connectivity index (χ2n) is 8.26. The van der Waals surface area contributed by atoms with Gasteiger partial charge in [0.25, 0.3) is 0 Å². The van der Waals surface area contributed by atoms with E-state index in [0.717, 1.165) is 45.4 Å². The van der Waals surface area contributed by atoms with Gasteiger partial charge in [0.15, 0.2) is 0 Å². The van der Waals surface area contributed by atoms with Crippen molar-refractivity contribution in [3.8, 4) is 0 Å². The zero-order valence-electron chi connectivity index (χ0n) is 14.9. The van der Waals surface area contributed by atoms with Gasteiger partial charge in [0, 0.05) is 13.1 Å². The standard InChI is InChI=1S/C17H35N3O/c1-7-20(8-2)10-9-19-17(14(18)21)12-15(3,4)11-16(5,6)13-17/h19H,7-13H2,1-6H3,(H2,18,21). The third-order valence-electron chi connectivity index (χ3n) is 4.78. The van der Waals surface area contributed by atoms with Crippen LogP contribution in [0.3, 0.4) is 0 Å². The second-order valence-corrected chi connectivity index (χ2v) is 8.26. The lowest BCUT2D eigenvalue weighted by molar-refractivity contribution is -0.130. The van der Waals surface area contributed by atoms with E-state index in [1.165, 1.54) is 0 Å². The first-order valence-electron chi connectivity index (χ1n) is 8.33. The fourth-order valence-corrected chi connectivity index (χ4v) is 4.50. The molecule has 1 rings (SSSR count). The van der Waals surface area contributed by atoms with Crippen LogP contribution >= 0.6 is 0 Å². The molecule has 0 atom stereocenters. The largest absolute Gasteiger partial charge is 0.368 e. The molecule has 3 N–H and O–H groups in total. The van der Waals surface area contributed by atoms with Crippen LogP contribution in [-0.4, -0.2) is 42.5 Å². The van der Waals surface area contributed by atoms with Crippen LogP contribution in [0.4, 0.5) is 0 Å². The van der Waals surface area contributed by atoms with Crippen molar-refractivity contribution in [2.24, 2.45) is 16.6 Å². The number of nitrogens with two attached hydrogens (primary N) is 1. The third-order valence-corrected chi connectivity index (χ3v) is 4.78. The van der Waals surface area contributed by atoms with E-state index in [-0.39, 0.29) is 16.7 Å². The summed E-state index contributed by atoms with van der Waals surface area (Å²) >= 11 is 0. The molecule has 0 bridgehead atoms. The highest BCUT2D eigenvalue weighted by Gasteiger charge is 2.50. The van der Waals surface area contributed by atoms with Crippen LogP contribution in [0.5, 0.6) is 0 Å². The molecule has 1 aliphatic carbocycles. The Balaban J connectivity index is 2.81. The van der Waals surface area contributed by atoms with Crippen molar-refractivity contribution in [3.05, 3.63) is 0 Å². The van der Waals surface area contributed by atoms with E-state index in [2.05, 4.69) is 51.8 Å². The molecule has 1 fully saturated rings. The first-order chi connectivity index (χ1) is 9.56. The van der Waals surface area contributed by atoms with Crippen molar-refractivity contribution < 1.29 is 4.79 Å². The predicted octanol–water partition coefficient (Wildman–Crippen LogP) is 2.38. The van der Waals surface area contributed by atoms with Crippen LogP contribution in [0, 0.1) is 10.8 Å². The molecule has 0 radical (unpaired) electrons. The number of rotatable bonds is 7. The van der Waals surface area contributed by atoms with Gasteiger partial charge in [-0.15, -0.1) is 0 Å². The van der Waals surface area contributed by atoms with E-state index in [0.29, 0.717) is 0 Å². The number of nitrogens with zero attached hydrogens (tertiary/aromatic N) is 1. The van der Waals surface area contributed by atoms with E-state index in [4.69, 9.17) is 5.73 Å². The number of primary amides is 1. The average Bonchev–Trinajstić information content (AvgIpc) is 2.30. The van der Waals surface area contributed by atoms with Crippen molar-refractivity contribution in [1.29, 1.82) is 0 Å². The summed E-state index contributed by atoms with van der Waals surface area (Å²) in [4.78, 5) is 14.6. The van der Waals surface area contributed by atoms with Crippen molar-refractivity contribution in [2.45, 2.75) is 66.3 Å². The summed E-state index contributed by atoms with van der Waals surface area (Å²) in [5.41, 5.74) is 5.53. The predicted molar refractivity (Wildman–Crippen MR) is 89.1 cm³/mol. The maximum atomic E-state index is 12.2. The number of likely N-dealkylation sites (N-methyl/N-ethyl adjacent to an activating group) is 1. The van der Waals surface area contributed by atoms with Gasteiger partial charge >= 0.3 is 0 Å². The van der Waals surface area contributed by atoms with Gasteiger partial charge in [-0.25, -0.2) is 0 Å². The number of nitrogens with one attached hydrogen (secondary N) is 1. The quantitative estimate of drug-likeness (QED) is 0.758. The van der Waals surface area contributed by atoms with Crippen LogP contribution in [0.2, 0.25) is 0 Å². The molecule has 1 saturated carbocycles. The van der Waals surface area contributed by atoms with Crippen LogP contribution in [0.25, 0.3) is 0 Å². The number of hydrogen-bond donors (Lipinski definition) is 2. The van der Waals surface area contributed by atoms with E-state index in [9.17, 15) is 4.79 Å². The lowest BCUT2D eigenvalue weighted by Gasteiger charge is -2.51. The zero-order valence-corrected chi connectivity index (χ0v) is 14.9.